The molecule has 0 unspecified atom stereocenters. The van der Waals surface area contributed by atoms with E-state index in [1.165, 1.54) is 30.1 Å². The summed E-state index contributed by atoms with van der Waals surface area (Å²) in [5.41, 5.74) is 0.366. The molecule has 1 aliphatic rings. The molecule has 1 aliphatic heterocycles. The first kappa shape index (κ1) is 24.3. The van der Waals surface area contributed by atoms with Gasteiger partial charge in [-0.05, 0) is 43.3 Å². The van der Waals surface area contributed by atoms with Gasteiger partial charge < -0.3 is 19.3 Å². The highest BCUT2D eigenvalue weighted by Crippen LogP contribution is 2.44. The minimum atomic E-state index is -2.44. The molecule has 140 valence electrons. The Hall–Kier alpha value is -1.35. The summed E-state index contributed by atoms with van der Waals surface area (Å²) >= 11 is 3.32. The maximum Gasteiger partial charge on any atom is 0.408 e. The van der Waals surface area contributed by atoms with Gasteiger partial charge in [-0.3, -0.25) is 0 Å². The van der Waals surface area contributed by atoms with E-state index in [0.29, 0.717) is 15.0 Å². The number of halogens is 1. The van der Waals surface area contributed by atoms with Crippen molar-refractivity contribution in [3.63, 3.8) is 0 Å². The molecule has 31 heavy (non-hydrogen) atoms. The lowest BCUT2D eigenvalue weighted by Crippen LogP contribution is -2.93. The van der Waals surface area contributed by atoms with Gasteiger partial charge in [-0.2, -0.15) is 5.10 Å². The van der Waals surface area contributed by atoms with E-state index in [9.17, 15) is 4.79 Å². The highest BCUT2D eigenvalue weighted by atomic mass is 79.9. The molecule has 1 fully saturated rings. The van der Waals surface area contributed by atoms with Crippen LogP contribution in [0.4, 0.5) is 10.6 Å². The van der Waals surface area contributed by atoms with E-state index in [2.05, 4.69) is 26.0 Å². The van der Waals surface area contributed by atoms with E-state index >= 15 is 0 Å². The van der Waals surface area contributed by atoms with Crippen molar-refractivity contribution in [3.8, 4) is 0 Å². The van der Waals surface area contributed by atoms with Crippen LogP contribution in [0.2, 0.25) is 0 Å². The van der Waals surface area contributed by atoms with Crippen LogP contribution in [0, 0.1) is 0 Å². The summed E-state index contributed by atoms with van der Waals surface area (Å²) in [4.78, 5) is 18.6. The van der Waals surface area contributed by atoms with Crippen LogP contribution >= 0.6 is 15.9 Å². The Morgan fingerprint density at radius 3 is 2.16 bits per heavy atom. The van der Waals surface area contributed by atoms with E-state index in [0.717, 1.165) is 4.90 Å². The molecule has 0 spiro atoms. The SMILES string of the molecule is [B]C1([B])N(C(=O)OCCOC)C([B])([B])C([B])([B])N(c2ccn3ncc(Br)c3n2)C1([B])[B]. The molecular formula is C14H10B8BrN5O3. The second-order valence-electron chi connectivity index (χ2n) is 7.13. The summed E-state index contributed by atoms with van der Waals surface area (Å²) in [6.07, 6.45) is 1.89. The van der Waals surface area contributed by atoms with Gasteiger partial charge in [-0.15, -0.1) is 0 Å². The molecule has 17 heteroatoms. The van der Waals surface area contributed by atoms with Crippen molar-refractivity contribution in [1.82, 2.24) is 19.5 Å². The zero-order chi connectivity index (χ0) is 23.4. The molecule has 0 bridgehead atoms. The van der Waals surface area contributed by atoms with Gasteiger partial charge >= 0.3 is 6.09 Å². The van der Waals surface area contributed by atoms with Crippen LogP contribution in [0.5, 0.6) is 0 Å². The molecule has 0 aliphatic carbocycles. The third kappa shape index (κ3) is 3.56. The molecule has 3 heterocycles. The van der Waals surface area contributed by atoms with Crippen LogP contribution in [0.15, 0.2) is 22.9 Å². The Kier molecular flexibility index (Phi) is 6.19. The molecule has 2 aromatic rings. The van der Waals surface area contributed by atoms with Crippen LogP contribution in [-0.2, 0) is 9.47 Å². The number of methoxy groups -OCH3 is 1. The molecule has 0 atom stereocenters. The van der Waals surface area contributed by atoms with E-state index in [1.54, 1.807) is 0 Å². The topological polar surface area (TPSA) is 72.2 Å². The summed E-state index contributed by atoms with van der Waals surface area (Å²) in [6, 6.07) is 1.44. The normalized spacial score (nSPS) is 21.1. The number of carbonyl (C=O) groups excluding carboxylic acids is 1. The van der Waals surface area contributed by atoms with Gasteiger partial charge in [-0.1, -0.05) is 0 Å². The molecule has 2 aromatic heterocycles. The van der Waals surface area contributed by atoms with Crippen LogP contribution in [-0.4, -0.2) is 130 Å². The molecule has 0 N–H and O–H groups in total. The number of hydrogen-bond donors (Lipinski definition) is 0. The van der Waals surface area contributed by atoms with Gasteiger partial charge in [0.2, 0.25) is 0 Å². The van der Waals surface area contributed by atoms with Crippen LogP contribution in [0.3, 0.4) is 0 Å². The first-order valence-corrected chi connectivity index (χ1v) is 9.57. The van der Waals surface area contributed by atoms with Crippen molar-refractivity contribution in [1.29, 1.82) is 0 Å². The quantitative estimate of drug-likeness (QED) is 0.366. The molecular weight excluding hydrogens is 453 g/mol. The van der Waals surface area contributed by atoms with E-state index in [1.807, 2.05) is 0 Å². The van der Waals surface area contributed by atoms with Gasteiger partial charge in [0.1, 0.15) is 12.4 Å². The fourth-order valence-corrected chi connectivity index (χ4v) is 3.60. The number of ether oxygens (including phenoxy) is 2. The number of rotatable bonds is 4. The zero-order valence-electron chi connectivity index (χ0n) is 16.6. The van der Waals surface area contributed by atoms with Crippen LogP contribution in [0.1, 0.15) is 0 Å². The van der Waals surface area contributed by atoms with E-state index in [4.69, 9.17) is 72.2 Å². The van der Waals surface area contributed by atoms with Crippen molar-refractivity contribution in [2.75, 3.05) is 25.2 Å². The Bertz CT molecular complexity index is 975. The Morgan fingerprint density at radius 2 is 1.61 bits per heavy atom. The molecule has 0 saturated carbocycles. The molecule has 1 amide bonds. The Labute approximate surface area is 199 Å². The lowest BCUT2D eigenvalue weighted by atomic mass is 9.26. The number of fused-ring (bicyclic) bond motifs is 1. The number of anilines is 1. The second kappa shape index (κ2) is 7.90. The lowest BCUT2D eigenvalue weighted by molar-refractivity contribution is 0.0404. The average Bonchev–Trinajstić information content (AvgIpc) is 3.01. The van der Waals surface area contributed by atoms with Crippen molar-refractivity contribution in [3.05, 3.63) is 22.9 Å². The minimum absolute atomic E-state index is 0.0108. The summed E-state index contributed by atoms with van der Waals surface area (Å²) < 4.78 is 11.9. The molecule has 1 saturated heterocycles. The Morgan fingerprint density at radius 1 is 1.03 bits per heavy atom. The van der Waals surface area contributed by atoms with E-state index in [-0.39, 0.29) is 19.0 Å². The van der Waals surface area contributed by atoms with Gasteiger partial charge in [0.05, 0.1) is 80.0 Å². The van der Waals surface area contributed by atoms with Crippen molar-refractivity contribution in [2.24, 2.45) is 0 Å². The molecule has 16 radical (unpaired) electrons. The van der Waals surface area contributed by atoms with Crippen LogP contribution < -0.4 is 4.90 Å². The predicted molar refractivity (Wildman–Crippen MR) is 125 cm³/mol. The highest BCUT2D eigenvalue weighted by Gasteiger charge is 2.62. The number of hydrogen-bond acceptors (Lipinski definition) is 6. The van der Waals surface area contributed by atoms with E-state index < -0.39 is 27.4 Å². The zero-order valence-corrected chi connectivity index (χ0v) is 18.2. The third-order valence-corrected chi connectivity index (χ3v) is 5.56. The van der Waals surface area contributed by atoms with Crippen molar-refractivity contribution < 1.29 is 14.3 Å². The van der Waals surface area contributed by atoms with Crippen LogP contribution in [0.25, 0.3) is 5.65 Å². The molecule has 3 rings (SSSR count). The summed E-state index contributed by atoms with van der Waals surface area (Å²) in [5, 5.41) is -5.46. The highest BCUT2D eigenvalue weighted by molar-refractivity contribution is 9.10. The second-order valence-corrected chi connectivity index (χ2v) is 7.98. The van der Waals surface area contributed by atoms with Gasteiger partial charge in [0.15, 0.2) is 5.65 Å². The summed E-state index contributed by atoms with van der Waals surface area (Å²) in [6.45, 7) is -0.0909. The maximum atomic E-state index is 12.8. The summed E-state index contributed by atoms with van der Waals surface area (Å²) in [7, 11) is 51.5. The fraction of sp³-hybridized carbons (Fsp3) is 0.500. The number of carbonyl (C=O) groups is 1. The lowest BCUT2D eigenvalue weighted by Gasteiger charge is -2.75. The first-order valence-electron chi connectivity index (χ1n) is 8.78. The van der Waals surface area contributed by atoms with Crippen molar-refractivity contribution >= 4 is 96.3 Å². The van der Waals surface area contributed by atoms with Crippen molar-refractivity contribution in [2.45, 2.75) is 21.4 Å². The molecule has 8 nitrogen and oxygen atoms in total. The maximum absolute atomic E-state index is 12.8. The Balaban J connectivity index is 2.14. The monoisotopic (exact) mass is 463 g/mol. The standard InChI is InChI=1S/C14H10B8BrN5O3/c1-30-4-5-31-10(29)28-13(19,20)11(15,16)27(12(17,18)14(28,21)22)8-2-3-26-9(25-8)7(23)6-24-26/h2-3,6H,4-5H2,1H3. The fourth-order valence-electron chi connectivity index (χ4n) is 3.24. The first-order chi connectivity index (χ1) is 14.2. The van der Waals surface area contributed by atoms with Gasteiger partial charge in [-0.25, -0.2) is 14.3 Å². The minimum Gasteiger partial charge on any atom is -0.447 e. The number of nitrogens with zero attached hydrogens (tertiary/aromatic N) is 5. The smallest absolute Gasteiger partial charge is 0.408 e. The summed E-state index contributed by atoms with van der Waals surface area (Å²) in [5.74, 6) is 0.0108. The largest absolute Gasteiger partial charge is 0.447 e. The van der Waals surface area contributed by atoms with Gasteiger partial charge in [0.25, 0.3) is 0 Å². The number of aromatic nitrogens is 3. The predicted octanol–water partition coefficient (Wildman–Crippen LogP) is -2.64. The average molecular weight is 463 g/mol. The molecule has 0 aromatic carbocycles. The third-order valence-electron chi connectivity index (χ3n) is 5.00. The van der Waals surface area contributed by atoms with Gasteiger partial charge in [0, 0.05) is 13.3 Å². The number of amides is 1. The number of piperazine rings is 1.